The standard InChI is InChI=1S/C13H12F3NO2/c14-7-17-10(6-12(15)16)13(18)9-2-1-8-3-4-19-11(8)5-9/h1-5,10,12,17H,6-7H2. The number of furan rings is 1. The number of rotatable bonds is 6. The summed E-state index contributed by atoms with van der Waals surface area (Å²) in [6, 6.07) is 5.12. The molecule has 0 radical (unpaired) electrons. The second-order valence-corrected chi connectivity index (χ2v) is 4.05. The zero-order valence-electron chi connectivity index (χ0n) is 9.91. The van der Waals surface area contributed by atoms with Crippen molar-refractivity contribution in [2.24, 2.45) is 0 Å². The third-order valence-corrected chi connectivity index (χ3v) is 2.79. The Hall–Kier alpha value is -1.82. The minimum atomic E-state index is -2.68. The number of ketones is 1. The van der Waals surface area contributed by atoms with Gasteiger partial charge in [0, 0.05) is 17.4 Å². The van der Waals surface area contributed by atoms with Crippen LogP contribution in [0.15, 0.2) is 34.9 Å². The van der Waals surface area contributed by atoms with Crippen molar-refractivity contribution in [1.82, 2.24) is 5.32 Å². The molecule has 0 saturated carbocycles. The number of nitrogens with one attached hydrogen (secondary N) is 1. The van der Waals surface area contributed by atoms with E-state index in [2.05, 4.69) is 5.32 Å². The predicted molar refractivity (Wildman–Crippen MR) is 64.1 cm³/mol. The Labute approximate surface area is 107 Å². The van der Waals surface area contributed by atoms with Crippen molar-refractivity contribution in [2.75, 3.05) is 6.80 Å². The van der Waals surface area contributed by atoms with Crippen LogP contribution in [-0.4, -0.2) is 25.0 Å². The molecule has 1 atom stereocenters. The summed E-state index contributed by atoms with van der Waals surface area (Å²) in [4.78, 5) is 12.0. The minimum absolute atomic E-state index is 0.217. The highest BCUT2D eigenvalue weighted by atomic mass is 19.3. The summed E-state index contributed by atoms with van der Waals surface area (Å²) >= 11 is 0. The molecule has 0 fully saturated rings. The molecule has 3 nitrogen and oxygen atoms in total. The quantitative estimate of drug-likeness (QED) is 0.648. The van der Waals surface area contributed by atoms with E-state index in [1.54, 1.807) is 12.1 Å². The summed E-state index contributed by atoms with van der Waals surface area (Å²) < 4.78 is 42.1. The van der Waals surface area contributed by atoms with Gasteiger partial charge in [0.1, 0.15) is 12.4 Å². The number of hydrogen-bond donors (Lipinski definition) is 1. The van der Waals surface area contributed by atoms with Crippen molar-refractivity contribution in [3.05, 3.63) is 36.1 Å². The molecule has 6 heteroatoms. The molecule has 1 N–H and O–H groups in total. The molecule has 0 aliphatic rings. The van der Waals surface area contributed by atoms with E-state index in [0.717, 1.165) is 5.39 Å². The number of hydrogen-bond acceptors (Lipinski definition) is 3. The number of Topliss-reactive ketones (excluding diaryl/α,β-unsaturated/α-hetero) is 1. The number of halogens is 3. The molecule has 102 valence electrons. The van der Waals surface area contributed by atoms with Crippen LogP contribution in [-0.2, 0) is 0 Å². The first kappa shape index (κ1) is 13.6. The van der Waals surface area contributed by atoms with Gasteiger partial charge in [-0.3, -0.25) is 10.1 Å². The van der Waals surface area contributed by atoms with Gasteiger partial charge in [-0.15, -0.1) is 0 Å². The molecular formula is C13H12F3NO2. The van der Waals surface area contributed by atoms with Crippen molar-refractivity contribution in [3.8, 4) is 0 Å². The first-order valence-corrected chi connectivity index (χ1v) is 5.71. The highest BCUT2D eigenvalue weighted by Crippen LogP contribution is 2.19. The maximum Gasteiger partial charge on any atom is 0.240 e. The molecule has 0 aliphatic carbocycles. The molecule has 19 heavy (non-hydrogen) atoms. The lowest BCUT2D eigenvalue weighted by Crippen LogP contribution is -2.37. The minimum Gasteiger partial charge on any atom is -0.464 e. The van der Waals surface area contributed by atoms with E-state index in [0.29, 0.717) is 5.58 Å². The van der Waals surface area contributed by atoms with E-state index in [4.69, 9.17) is 4.42 Å². The topological polar surface area (TPSA) is 42.2 Å². The summed E-state index contributed by atoms with van der Waals surface area (Å²) in [7, 11) is 0. The van der Waals surface area contributed by atoms with Gasteiger partial charge >= 0.3 is 0 Å². The van der Waals surface area contributed by atoms with Crippen LogP contribution in [0, 0.1) is 0 Å². The molecule has 1 heterocycles. The van der Waals surface area contributed by atoms with Gasteiger partial charge in [0.15, 0.2) is 5.78 Å². The molecule has 0 bridgehead atoms. The number of fused-ring (bicyclic) bond motifs is 1. The van der Waals surface area contributed by atoms with Gasteiger partial charge in [-0.1, -0.05) is 12.1 Å². The van der Waals surface area contributed by atoms with Crippen LogP contribution >= 0.6 is 0 Å². The van der Waals surface area contributed by atoms with Gasteiger partial charge in [0.05, 0.1) is 12.3 Å². The fourth-order valence-electron chi connectivity index (χ4n) is 1.86. The Morgan fingerprint density at radius 1 is 1.32 bits per heavy atom. The van der Waals surface area contributed by atoms with Gasteiger partial charge in [-0.25, -0.2) is 13.2 Å². The van der Waals surface area contributed by atoms with Crippen LogP contribution in [0.5, 0.6) is 0 Å². The summed E-state index contributed by atoms with van der Waals surface area (Å²) in [5, 5.41) is 2.93. The van der Waals surface area contributed by atoms with Crippen LogP contribution in [0.25, 0.3) is 11.0 Å². The van der Waals surface area contributed by atoms with Crippen LogP contribution in [0.3, 0.4) is 0 Å². The maximum atomic E-state index is 12.4. The summed E-state index contributed by atoms with van der Waals surface area (Å²) in [5.41, 5.74) is 0.705. The van der Waals surface area contributed by atoms with E-state index in [-0.39, 0.29) is 5.56 Å². The lowest BCUT2D eigenvalue weighted by atomic mass is 10.0. The molecule has 2 aromatic rings. The van der Waals surface area contributed by atoms with E-state index < -0.39 is 31.5 Å². The molecule has 2 rings (SSSR count). The predicted octanol–water partition coefficient (Wildman–Crippen LogP) is 3.16. The molecule has 0 amide bonds. The van der Waals surface area contributed by atoms with Crippen LogP contribution in [0.4, 0.5) is 13.2 Å². The Morgan fingerprint density at radius 3 is 2.79 bits per heavy atom. The van der Waals surface area contributed by atoms with Crippen molar-refractivity contribution in [2.45, 2.75) is 18.9 Å². The third kappa shape index (κ3) is 3.14. The van der Waals surface area contributed by atoms with Crippen molar-refractivity contribution in [1.29, 1.82) is 0 Å². The van der Waals surface area contributed by atoms with Crippen LogP contribution in [0.2, 0.25) is 0 Å². The van der Waals surface area contributed by atoms with Gasteiger partial charge in [0.25, 0.3) is 0 Å². The summed E-state index contributed by atoms with van der Waals surface area (Å²) in [6.45, 7) is -1.04. The molecule has 0 aliphatic heterocycles. The molecule has 0 spiro atoms. The van der Waals surface area contributed by atoms with Crippen molar-refractivity contribution in [3.63, 3.8) is 0 Å². The summed E-state index contributed by atoms with van der Waals surface area (Å²) in [6.07, 6.45) is -1.94. The SMILES string of the molecule is O=C(c1ccc2ccoc2c1)C(CC(F)F)NCF. The largest absolute Gasteiger partial charge is 0.464 e. The Bertz CT molecular complexity index is 568. The van der Waals surface area contributed by atoms with Crippen molar-refractivity contribution < 1.29 is 22.4 Å². The first-order valence-electron chi connectivity index (χ1n) is 5.71. The first-order chi connectivity index (χ1) is 9.11. The Kier molecular flexibility index (Phi) is 4.21. The van der Waals surface area contributed by atoms with E-state index in [1.807, 2.05) is 0 Å². The highest BCUT2D eigenvalue weighted by Gasteiger charge is 2.23. The van der Waals surface area contributed by atoms with Gasteiger partial charge in [0.2, 0.25) is 6.43 Å². The smallest absolute Gasteiger partial charge is 0.240 e. The monoisotopic (exact) mass is 271 g/mol. The second-order valence-electron chi connectivity index (χ2n) is 4.05. The zero-order valence-corrected chi connectivity index (χ0v) is 9.91. The molecule has 0 saturated heterocycles. The number of carbonyl (C=O) groups excluding carboxylic acids is 1. The van der Waals surface area contributed by atoms with Crippen LogP contribution in [0.1, 0.15) is 16.8 Å². The van der Waals surface area contributed by atoms with E-state index >= 15 is 0 Å². The molecule has 1 aromatic carbocycles. The molecular weight excluding hydrogens is 259 g/mol. The lowest BCUT2D eigenvalue weighted by Gasteiger charge is -2.15. The van der Waals surface area contributed by atoms with Gasteiger partial charge in [-0.2, -0.15) is 0 Å². The fraction of sp³-hybridized carbons (Fsp3) is 0.308. The Balaban J connectivity index is 2.24. The van der Waals surface area contributed by atoms with Gasteiger partial charge < -0.3 is 4.42 Å². The second kappa shape index (κ2) is 5.88. The summed E-state index contributed by atoms with van der Waals surface area (Å²) in [5.74, 6) is -0.573. The molecule has 1 unspecified atom stereocenters. The number of benzene rings is 1. The zero-order chi connectivity index (χ0) is 13.8. The normalized spacial score (nSPS) is 13.1. The number of carbonyl (C=O) groups is 1. The average molecular weight is 271 g/mol. The van der Waals surface area contributed by atoms with Crippen molar-refractivity contribution >= 4 is 16.8 Å². The highest BCUT2D eigenvalue weighted by molar-refractivity contribution is 6.02. The number of alkyl halides is 3. The molecule has 1 aromatic heterocycles. The fourth-order valence-corrected chi connectivity index (χ4v) is 1.86. The van der Waals surface area contributed by atoms with E-state index in [1.165, 1.54) is 18.4 Å². The Morgan fingerprint density at radius 2 is 2.11 bits per heavy atom. The van der Waals surface area contributed by atoms with Crippen LogP contribution < -0.4 is 5.32 Å². The lowest BCUT2D eigenvalue weighted by molar-refractivity contribution is 0.0814. The average Bonchev–Trinajstić information content (AvgIpc) is 2.84. The third-order valence-electron chi connectivity index (χ3n) is 2.79. The van der Waals surface area contributed by atoms with Gasteiger partial charge in [-0.05, 0) is 12.1 Å². The maximum absolute atomic E-state index is 12.4. The van der Waals surface area contributed by atoms with E-state index in [9.17, 15) is 18.0 Å².